The number of carbonyl (C=O) groups is 3. The number of esters is 1. The molecule has 170 valence electrons. The zero-order chi connectivity index (χ0) is 23.3. The average molecular weight is 460 g/mol. The van der Waals surface area contributed by atoms with Crippen LogP contribution in [0.4, 0.5) is 5.69 Å². The monoisotopic (exact) mass is 459 g/mol. The van der Waals surface area contributed by atoms with Crippen molar-refractivity contribution in [2.24, 2.45) is 5.92 Å². The Balaban J connectivity index is 1.52. The van der Waals surface area contributed by atoms with Crippen LogP contribution < -0.4 is 5.32 Å². The van der Waals surface area contributed by atoms with Crippen molar-refractivity contribution >= 4 is 33.4 Å². The highest BCUT2D eigenvalue weighted by Gasteiger charge is 2.34. The number of sulfonamides is 1. The lowest BCUT2D eigenvalue weighted by Gasteiger charge is -2.30. The SMILES string of the molecule is CC(=O)c1cccc(NC(=O)C(C)OC(=O)C2CCN(S(=O)(=O)c3cccnc3)CC2)c1. The van der Waals surface area contributed by atoms with Gasteiger partial charge in [0, 0.05) is 36.7 Å². The number of carbonyl (C=O) groups excluding carboxylic acids is 3. The Morgan fingerprint density at radius 2 is 1.88 bits per heavy atom. The first-order valence-electron chi connectivity index (χ1n) is 10.2. The number of hydrogen-bond acceptors (Lipinski definition) is 7. The number of anilines is 1. The van der Waals surface area contributed by atoms with Crippen molar-refractivity contribution in [3.05, 3.63) is 54.4 Å². The Labute approximate surface area is 186 Å². The summed E-state index contributed by atoms with van der Waals surface area (Å²) in [6.07, 6.45) is 2.35. The minimum absolute atomic E-state index is 0.111. The van der Waals surface area contributed by atoms with E-state index in [9.17, 15) is 22.8 Å². The van der Waals surface area contributed by atoms with E-state index in [1.165, 1.54) is 36.6 Å². The highest BCUT2D eigenvalue weighted by atomic mass is 32.2. The number of ketones is 1. The van der Waals surface area contributed by atoms with E-state index in [1.54, 1.807) is 30.3 Å². The maximum atomic E-state index is 12.7. The Bertz CT molecular complexity index is 1100. The van der Waals surface area contributed by atoms with Gasteiger partial charge in [-0.1, -0.05) is 12.1 Å². The number of pyridine rings is 1. The summed E-state index contributed by atoms with van der Waals surface area (Å²) in [5.74, 6) is -1.68. The smallest absolute Gasteiger partial charge is 0.309 e. The molecule has 0 spiro atoms. The molecule has 0 saturated carbocycles. The molecule has 1 unspecified atom stereocenters. The van der Waals surface area contributed by atoms with E-state index in [0.29, 0.717) is 24.1 Å². The predicted molar refractivity (Wildman–Crippen MR) is 116 cm³/mol. The molecule has 1 atom stereocenters. The second kappa shape index (κ2) is 10.0. The lowest BCUT2D eigenvalue weighted by atomic mass is 9.98. The van der Waals surface area contributed by atoms with Gasteiger partial charge in [-0.25, -0.2) is 8.42 Å². The fraction of sp³-hybridized carbons (Fsp3) is 0.364. The molecule has 1 saturated heterocycles. The largest absolute Gasteiger partial charge is 0.452 e. The molecule has 2 aromatic rings. The molecule has 32 heavy (non-hydrogen) atoms. The van der Waals surface area contributed by atoms with Gasteiger partial charge >= 0.3 is 5.97 Å². The van der Waals surface area contributed by atoms with Crippen LogP contribution >= 0.6 is 0 Å². The van der Waals surface area contributed by atoms with E-state index in [1.807, 2.05) is 0 Å². The maximum absolute atomic E-state index is 12.7. The Kier molecular flexibility index (Phi) is 7.37. The van der Waals surface area contributed by atoms with Crippen molar-refractivity contribution in [1.29, 1.82) is 0 Å². The maximum Gasteiger partial charge on any atom is 0.309 e. The lowest BCUT2D eigenvalue weighted by Crippen LogP contribution is -2.41. The molecule has 9 nitrogen and oxygen atoms in total. The zero-order valence-electron chi connectivity index (χ0n) is 17.9. The van der Waals surface area contributed by atoms with Gasteiger partial charge in [-0.15, -0.1) is 0 Å². The van der Waals surface area contributed by atoms with E-state index in [-0.39, 0.29) is 23.8 Å². The normalized spacial score (nSPS) is 16.2. The Hall–Kier alpha value is -3.11. The summed E-state index contributed by atoms with van der Waals surface area (Å²) < 4.78 is 32.0. The highest BCUT2D eigenvalue weighted by molar-refractivity contribution is 7.89. The molecule has 1 N–H and O–H groups in total. The lowest BCUT2D eigenvalue weighted by molar-refractivity contribution is -0.158. The molecule has 1 fully saturated rings. The van der Waals surface area contributed by atoms with E-state index in [4.69, 9.17) is 4.74 Å². The van der Waals surface area contributed by atoms with Gasteiger partial charge in [0.05, 0.1) is 5.92 Å². The van der Waals surface area contributed by atoms with Crippen LogP contribution in [0.15, 0.2) is 53.7 Å². The third-order valence-electron chi connectivity index (χ3n) is 5.26. The van der Waals surface area contributed by atoms with Crippen molar-refractivity contribution in [2.45, 2.75) is 37.7 Å². The molecule has 1 aliphatic heterocycles. The fourth-order valence-corrected chi connectivity index (χ4v) is 4.80. The number of nitrogens with zero attached hydrogens (tertiary/aromatic N) is 2. The minimum atomic E-state index is -3.66. The molecule has 1 amide bonds. The second-order valence-electron chi connectivity index (χ2n) is 7.57. The number of ether oxygens (including phenoxy) is 1. The van der Waals surface area contributed by atoms with Gasteiger partial charge in [-0.05, 0) is 51.0 Å². The summed E-state index contributed by atoms with van der Waals surface area (Å²) in [6.45, 7) is 3.24. The van der Waals surface area contributed by atoms with Gasteiger partial charge < -0.3 is 10.1 Å². The summed E-state index contributed by atoms with van der Waals surface area (Å²) in [5, 5.41) is 2.63. The molecule has 10 heteroatoms. The minimum Gasteiger partial charge on any atom is -0.452 e. The van der Waals surface area contributed by atoms with E-state index in [2.05, 4.69) is 10.3 Å². The van der Waals surface area contributed by atoms with Crippen LogP contribution in [0.1, 0.15) is 37.0 Å². The molecule has 1 aromatic carbocycles. The Morgan fingerprint density at radius 1 is 1.16 bits per heavy atom. The summed E-state index contributed by atoms with van der Waals surface area (Å²) in [5.41, 5.74) is 0.889. The van der Waals surface area contributed by atoms with Crippen molar-refractivity contribution in [3.63, 3.8) is 0 Å². The van der Waals surface area contributed by atoms with Crippen LogP contribution in [0.2, 0.25) is 0 Å². The molecular weight excluding hydrogens is 434 g/mol. The van der Waals surface area contributed by atoms with E-state index in [0.717, 1.165) is 0 Å². The van der Waals surface area contributed by atoms with Crippen LogP contribution in [0.5, 0.6) is 0 Å². The van der Waals surface area contributed by atoms with Crippen molar-refractivity contribution in [2.75, 3.05) is 18.4 Å². The number of rotatable bonds is 7. The third kappa shape index (κ3) is 5.57. The summed E-state index contributed by atoms with van der Waals surface area (Å²) >= 11 is 0. The number of amides is 1. The summed E-state index contributed by atoms with van der Waals surface area (Å²) in [4.78, 5) is 40.3. The van der Waals surface area contributed by atoms with Gasteiger partial charge in [0.15, 0.2) is 11.9 Å². The van der Waals surface area contributed by atoms with Crippen molar-refractivity contribution < 1.29 is 27.5 Å². The average Bonchev–Trinajstić information content (AvgIpc) is 2.79. The predicted octanol–water partition coefficient (Wildman–Crippen LogP) is 2.26. The van der Waals surface area contributed by atoms with Gasteiger partial charge in [-0.2, -0.15) is 4.31 Å². The zero-order valence-corrected chi connectivity index (χ0v) is 18.7. The number of Topliss-reactive ketones (excluding diaryl/α,β-unsaturated/α-hetero) is 1. The number of nitrogens with one attached hydrogen (secondary N) is 1. The first-order valence-corrected chi connectivity index (χ1v) is 11.6. The molecule has 1 aromatic heterocycles. The van der Waals surface area contributed by atoms with Crippen molar-refractivity contribution in [3.8, 4) is 0 Å². The number of aromatic nitrogens is 1. The van der Waals surface area contributed by atoms with Crippen LogP contribution in [-0.4, -0.2) is 54.6 Å². The third-order valence-corrected chi connectivity index (χ3v) is 7.14. The van der Waals surface area contributed by atoms with Crippen LogP contribution in [0.3, 0.4) is 0 Å². The number of benzene rings is 1. The topological polar surface area (TPSA) is 123 Å². The molecule has 0 radical (unpaired) electrons. The van der Waals surface area contributed by atoms with Crippen LogP contribution in [-0.2, 0) is 24.3 Å². The van der Waals surface area contributed by atoms with E-state index >= 15 is 0 Å². The fourth-order valence-electron chi connectivity index (χ4n) is 3.36. The molecule has 1 aliphatic rings. The summed E-state index contributed by atoms with van der Waals surface area (Å²) in [7, 11) is -3.66. The first-order chi connectivity index (χ1) is 15.2. The molecule has 2 heterocycles. The van der Waals surface area contributed by atoms with Gasteiger partial charge in [-0.3, -0.25) is 19.4 Å². The standard InChI is InChI=1S/C22H25N3O6S/c1-15(26)18-5-3-6-19(13-18)24-21(27)16(2)31-22(28)17-8-11-25(12-9-17)32(29,30)20-7-4-10-23-14-20/h3-7,10,13-14,16-17H,8-9,11-12H2,1-2H3,(H,24,27). The molecule has 0 aliphatic carbocycles. The highest BCUT2D eigenvalue weighted by Crippen LogP contribution is 2.24. The van der Waals surface area contributed by atoms with Crippen LogP contribution in [0, 0.1) is 5.92 Å². The quantitative estimate of drug-likeness (QED) is 0.498. The van der Waals surface area contributed by atoms with Gasteiger partial charge in [0.25, 0.3) is 5.91 Å². The van der Waals surface area contributed by atoms with E-state index < -0.39 is 33.9 Å². The first kappa shape index (κ1) is 23.6. The van der Waals surface area contributed by atoms with Crippen molar-refractivity contribution in [1.82, 2.24) is 9.29 Å². The second-order valence-corrected chi connectivity index (χ2v) is 9.51. The Morgan fingerprint density at radius 3 is 2.50 bits per heavy atom. The van der Waals surface area contributed by atoms with Gasteiger partial charge in [0.1, 0.15) is 4.90 Å². The summed E-state index contributed by atoms with van der Waals surface area (Å²) in [6, 6.07) is 9.51. The molecule has 3 rings (SSSR count). The van der Waals surface area contributed by atoms with Crippen LogP contribution in [0.25, 0.3) is 0 Å². The van der Waals surface area contributed by atoms with Gasteiger partial charge in [0.2, 0.25) is 10.0 Å². The number of hydrogen-bond donors (Lipinski definition) is 1. The number of piperidine rings is 1. The molecule has 0 bridgehead atoms. The molecular formula is C22H25N3O6S.